The van der Waals surface area contributed by atoms with Crippen LogP contribution in [-0.4, -0.2) is 11.6 Å². The third-order valence-electron chi connectivity index (χ3n) is 2.28. The summed E-state index contributed by atoms with van der Waals surface area (Å²) in [5, 5.41) is 0. The van der Waals surface area contributed by atoms with Gasteiger partial charge < -0.3 is 4.74 Å². The number of hydrogen-bond acceptors (Lipinski definition) is 2. The van der Waals surface area contributed by atoms with Crippen LogP contribution in [0.15, 0.2) is 24.3 Å². The van der Waals surface area contributed by atoms with Gasteiger partial charge in [0, 0.05) is 12.8 Å². The lowest BCUT2D eigenvalue weighted by molar-refractivity contribution is -0.157. The summed E-state index contributed by atoms with van der Waals surface area (Å²) in [6.45, 7) is 5.34. The average Bonchev–Trinajstić information content (AvgIpc) is 2.04. The van der Waals surface area contributed by atoms with Crippen LogP contribution < -0.4 is 0 Å². The summed E-state index contributed by atoms with van der Waals surface area (Å²) < 4.78 is 5.25. The Hall–Kier alpha value is -1.05. The highest BCUT2D eigenvalue weighted by molar-refractivity contribution is 5.66. The minimum atomic E-state index is -0.396. The number of ether oxygens (including phenoxy) is 1. The fourth-order valence-electron chi connectivity index (χ4n) is 1.54. The summed E-state index contributed by atoms with van der Waals surface area (Å²) in [6.07, 6.45) is 9.13. The first-order valence-corrected chi connectivity index (χ1v) is 4.55. The van der Waals surface area contributed by atoms with Crippen LogP contribution in [0.4, 0.5) is 0 Å². The van der Waals surface area contributed by atoms with Gasteiger partial charge in [-0.15, -0.1) is 0 Å². The second-order valence-electron chi connectivity index (χ2n) is 3.85. The molecule has 0 radical (unpaired) electrons. The fraction of sp³-hybridized carbons (Fsp3) is 0.545. The molecule has 0 amide bonds. The molecule has 0 heterocycles. The summed E-state index contributed by atoms with van der Waals surface area (Å²) in [5.41, 5.74) is -0.396. The zero-order valence-corrected chi connectivity index (χ0v) is 8.41. The molecule has 0 aromatic carbocycles. The Bertz CT molecular complexity index is 249. The maximum absolute atomic E-state index is 10.8. The van der Waals surface area contributed by atoms with Crippen LogP contribution in [0.3, 0.4) is 0 Å². The van der Waals surface area contributed by atoms with E-state index < -0.39 is 5.60 Å². The van der Waals surface area contributed by atoms with Crippen LogP contribution in [0, 0.1) is 5.92 Å². The molecule has 1 unspecified atom stereocenters. The summed E-state index contributed by atoms with van der Waals surface area (Å²) in [4.78, 5) is 10.8. The molecule has 2 nitrogen and oxygen atoms in total. The number of hydrogen-bond donors (Lipinski definition) is 0. The minimum absolute atomic E-state index is 0.215. The number of rotatable bonds is 2. The van der Waals surface area contributed by atoms with Crippen molar-refractivity contribution in [3.8, 4) is 0 Å². The molecular formula is C11H16O2. The van der Waals surface area contributed by atoms with Crippen molar-refractivity contribution in [1.29, 1.82) is 0 Å². The van der Waals surface area contributed by atoms with Gasteiger partial charge in [-0.25, -0.2) is 0 Å². The maximum Gasteiger partial charge on any atom is 0.303 e. The van der Waals surface area contributed by atoms with E-state index in [1.165, 1.54) is 6.92 Å². The van der Waals surface area contributed by atoms with Crippen molar-refractivity contribution in [2.45, 2.75) is 32.8 Å². The summed E-state index contributed by atoms with van der Waals surface area (Å²) in [5.74, 6) is 0.0781. The molecule has 0 fully saturated rings. The molecule has 2 heteroatoms. The Balaban J connectivity index is 2.63. The molecule has 0 aromatic heterocycles. The molecule has 1 rings (SSSR count). The average molecular weight is 180 g/mol. The first-order valence-electron chi connectivity index (χ1n) is 4.55. The highest BCUT2D eigenvalue weighted by Gasteiger charge is 2.30. The quantitative estimate of drug-likeness (QED) is 0.610. The molecule has 0 spiro atoms. The van der Waals surface area contributed by atoms with Gasteiger partial charge in [0.1, 0.15) is 5.60 Å². The molecule has 0 bridgehead atoms. The van der Waals surface area contributed by atoms with Crippen molar-refractivity contribution in [2.24, 2.45) is 5.92 Å². The van der Waals surface area contributed by atoms with Gasteiger partial charge in [0.2, 0.25) is 0 Å². The molecule has 0 aliphatic heterocycles. The maximum atomic E-state index is 10.8. The molecule has 1 aliphatic rings. The topological polar surface area (TPSA) is 26.3 Å². The van der Waals surface area contributed by atoms with E-state index in [2.05, 4.69) is 12.2 Å². The first kappa shape index (κ1) is 10.0. The Morgan fingerprint density at radius 2 is 2.15 bits per heavy atom. The molecule has 0 N–H and O–H groups in total. The normalized spacial score (nSPS) is 21.6. The Labute approximate surface area is 79.3 Å². The lowest BCUT2D eigenvalue weighted by atomic mass is 9.85. The highest BCUT2D eigenvalue weighted by atomic mass is 16.6. The van der Waals surface area contributed by atoms with Gasteiger partial charge in [0.05, 0.1) is 0 Å². The highest BCUT2D eigenvalue weighted by Crippen LogP contribution is 2.28. The van der Waals surface area contributed by atoms with Crippen LogP contribution in [0.2, 0.25) is 0 Å². The molecule has 13 heavy (non-hydrogen) atoms. The van der Waals surface area contributed by atoms with Crippen LogP contribution in [-0.2, 0) is 9.53 Å². The van der Waals surface area contributed by atoms with Crippen molar-refractivity contribution >= 4 is 5.97 Å². The van der Waals surface area contributed by atoms with E-state index in [4.69, 9.17) is 4.74 Å². The van der Waals surface area contributed by atoms with Crippen molar-refractivity contribution in [1.82, 2.24) is 0 Å². The van der Waals surface area contributed by atoms with E-state index in [0.717, 1.165) is 6.42 Å². The van der Waals surface area contributed by atoms with Gasteiger partial charge in [0.25, 0.3) is 0 Å². The van der Waals surface area contributed by atoms with Crippen molar-refractivity contribution in [2.75, 3.05) is 0 Å². The van der Waals surface area contributed by atoms with Crippen LogP contribution in [0.5, 0.6) is 0 Å². The molecule has 72 valence electrons. The molecule has 1 atom stereocenters. The van der Waals surface area contributed by atoms with E-state index in [-0.39, 0.29) is 5.97 Å². The van der Waals surface area contributed by atoms with Crippen LogP contribution in [0.1, 0.15) is 27.2 Å². The molecule has 1 aliphatic carbocycles. The first-order chi connectivity index (χ1) is 6.02. The number of allylic oxidation sites excluding steroid dienone is 3. The number of carbonyl (C=O) groups excluding carboxylic acids is 1. The Morgan fingerprint density at radius 1 is 1.46 bits per heavy atom. The van der Waals surface area contributed by atoms with Crippen LogP contribution >= 0.6 is 0 Å². The Kier molecular flexibility index (Phi) is 2.91. The minimum Gasteiger partial charge on any atom is -0.459 e. The molecular weight excluding hydrogens is 164 g/mol. The predicted molar refractivity (Wildman–Crippen MR) is 52.2 cm³/mol. The van der Waals surface area contributed by atoms with Gasteiger partial charge in [-0.1, -0.05) is 24.3 Å². The molecule has 0 saturated heterocycles. The van der Waals surface area contributed by atoms with Gasteiger partial charge in [-0.05, 0) is 20.3 Å². The smallest absolute Gasteiger partial charge is 0.303 e. The Morgan fingerprint density at radius 3 is 2.62 bits per heavy atom. The molecule has 0 aromatic rings. The number of carbonyl (C=O) groups is 1. The zero-order chi connectivity index (χ0) is 9.90. The van der Waals surface area contributed by atoms with Crippen molar-refractivity contribution in [3.63, 3.8) is 0 Å². The van der Waals surface area contributed by atoms with Crippen molar-refractivity contribution in [3.05, 3.63) is 24.3 Å². The lowest BCUT2D eigenvalue weighted by Gasteiger charge is -2.32. The predicted octanol–water partition coefficient (Wildman–Crippen LogP) is 2.46. The summed E-state index contributed by atoms with van der Waals surface area (Å²) in [6, 6.07) is 0. The van der Waals surface area contributed by atoms with E-state index >= 15 is 0 Å². The lowest BCUT2D eigenvalue weighted by Crippen LogP contribution is -2.35. The van der Waals surface area contributed by atoms with Gasteiger partial charge >= 0.3 is 5.97 Å². The zero-order valence-electron chi connectivity index (χ0n) is 8.41. The van der Waals surface area contributed by atoms with Crippen LogP contribution in [0.25, 0.3) is 0 Å². The second-order valence-corrected chi connectivity index (χ2v) is 3.85. The second kappa shape index (κ2) is 3.77. The third kappa shape index (κ3) is 2.72. The SMILES string of the molecule is CC(=O)OC(C)(C)C1C=CC=CC1. The molecule has 0 saturated carbocycles. The van der Waals surface area contributed by atoms with Gasteiger partial charge in [-0.2, -0.15) is 0 Å². The van der Waals surface area contributed by atoms with Gasteiger partial charge in [-0.3, -0.25) is 4.79 Å². The number of esters is 1. The third-order valence-corrected chi connectivity index (χ3v) is 2.28. The van der Waals surface area contributed by atoms with Crippen molar-refractivity contribution < 1.29 is 9.53 Å². The van der Waals surface area contributed by atoms with E-state index in [1.807, 2.05) is 26.0 Å². The largest absolute Gasteiger partial charge is 0.459 e. The monoisotopic (exact) mass is 180 g/mol. The standard InChI is InChI=1S/C11H16O2/c1-9(12)13-11(2,3)10-7-5-4-6-8-10/h4-7,10H,8H2,1-3H3. The summed E-state index contributed by atoms with van der Waals surface area (Å²) in [7, 11) is 0. The van der Waals surface area contributed by atoms with E-state index in [0.29, 0.717) is 5.92 Å². The van der Waals surface area contributed by atoms with E-state index in [9.17, 15) is 4.79 Å². The fourth-order valence-corrected chi connectivity index (χ4v) is 1.54. The summed E-state index contributed by atoms with van der Waals surface area (Å²) >= 11 is 0. The van der Waals surface area contributed by atoms with Gasteiger partial charge in [0.15, 0.2) is 0 Å². The van der Waals surface area contributed by atoms with E-state index in [1.54, 1.807) is 0 Å².